The van der Waals surface area contributed by atoms with Crippen LogP contribution in [0.25, 0.3) is 5.69 Å². The van der Waals surface area contributed by atoms with Gasteiger partial charge in [-0.15, -0.1) is 0 Å². The highest BCUT2D eigenvalue weighted by molar-refractivity contribution is 5.50. The number of nitriles is 1. The first kappa shape index (κ1) is 11.9. The van der Waals surface area contributed by atoms with Crippen LogP contribution in [-0.2, 0) is 0 Å². The summed E-state index contributed by atoms with van der Waals surface area (Å²) in [6.45, 7) is 0. The molecule has 0 aliphatic heterocycles. The quantitative estimate of drug-likeness (QED) is 0.802. The average molecular weight is 239 g/mol. The standard InChI is InChI=1S/C14H13N3O/c1-16(2)12-5-7-13(8-6-12)17-9-3-4-11(10-15)14(17)18/h3-9H,1-2H3. The molecule has 90 valence electrons. The number of hydrogen-bond acceptors (Lipinski definition) is 3. The minimum absolute atomic E-state index is 0.147. The molecule has 0 fully saturated rings. The zero-order valence-corrected chi connectivity index (χ0v) is 10.3. The number of aromatic nitrogens is 1. The van der Waals surface area contributed by atoms with Crippen LogP contribution >= 0.6 is 0 Å². The molecule has 0 aliphatic carbocycles. The van der Waals surface area contributed by atoms with Crippen molar-refractivity contribution < 1.29 is 0 Å². The Morgan fingerprint density at radius 3 is 2.39 bits per heavy atom. The highest BCUT2D eigenvalue weighted by Crippen LogP contribution is 2.14. The van der Waals surface area contributed by atoms with E-state index in [2.05, 4.69) is 0 Å². The normalized spacial score (nSPS) is 9.83. The van der Waals surface area contributed by atoms with E-state index >= 15 is 0 Å². The molecule has 0 saturated carbocycles. The van der Waals surface area contributed by atoms with E-state index in [1.54, 1.807) is 12.3 Å². The first-order valence-corrected chi connectivity index (χ1v) is 5.53. The predicted molar refractivity (Wildman–Crippen MR) is 71.1 cm³/mol. The number of anilines is 1. The van der Waals surface area contributed by atoms with Crippen molar-refractivity contribution in [3.05, 3.63) is 58.5 Å². The molecular formula is C14H13N3O. The molecule has 1 aromatic carbocycles. The van der Waals surface area contributed by atoms with Crippen molar-refractivity contribution in [3.8, 4) is 11.8 Å². The number of pyridine rings is 1. The van der Waals surface area contributed by atoms with Crippen molar-refractivity contribution in [1.82, 2.24) is 4.57 Å². The molecule has 0 N–H and O–H groups in total. The van der Waals surface area contributed by atoms with Crippen molar-refractivity contribution in [1.29, 1.82) is 5.26 Å². The second-order valence-electron chi connectivity index (χ2n) is 4.12. The summed E-state index contributed by atoms with van der Waals surface area (Å²) in [5.41, 5.74) is 1.66. The van der Waals surface area contributed by atoms with Crippen molar-refractivity contribution >= 4 is 5.69 Å². The number of nitrogens with zero attached hydrogens (tertiary/aromatic N) is 3. The summed E-state index contributed by atoms with van der Waals surface area (Å²) in [6.07, 6.45) is 1.66. The van der Waals surface area contributed by atoms with Gasteiger partial charge in [-0.3, -0.25) is 9.36 Å². The monoisotopic (exact) mass is 239 g/mol. The van der Waals surface area contributed by atoms with Crippen LogP contribution in [0.3, 0.4) is 0 Å². The second kappa shape index (κ2) is 4.76. The van der Waals surface area contributed by atoms with E-state index in [1.165, 1.54) is 10.6 Å². The number of benzene rings is 1. The first-order valence-electron chi connectivity index (χ1n) is 5.53. The maximum absolute atomic E-state index is 11.9. The van der Waals surface area contributed by atoms with Gasteiger partial charge in [-0.1, -0.05) is 0 Å². The minimum atomic E-state index is -0.294. The molecule has 0 atom stereocenters. The van der Waals surface area contributed by atoms with E-state index in [0.717, 1.165) is 11.4 Å². The third-order valence-corrected chi connectivity index (χ3v) is 2.71. The Hall–Kier alpha value is -2.54. The fourth-order valence-electron chi connectivity index (χ4n) is 1.69. The van der Waals surface area contributed by atoms with Crippen molar-refractivity contribution in [3.63, 3.8) is 0 Å². The van der Waals surface area contributed by atoms with Crippen LogP contribution in [0.4, 0.5) is 5.69 Å². The molecule has 0 saturated heterocycles. The van der Waals surface area contributed by atoms with Gasteiger partial charge in [-0.2, -0.15) is 5.26 Å². The van der Waals surface area contributed by atoms with Gasteiger partial charge in [0.05, 0.1) is 0 Å². The largest absolute Gasteiger partial charge is 0.378 e. The molecule has 0 aliphatic rings. The third kappa shape index (κ3) is 2.11. The SMILES string of the molecule is CN(C)c1ccc(-n2cccc(C#N)c2=O)cc1. The molecule has 0 radical (unpaired) electrons. The second-order valence-corrected chi connectivity index (χ2v) is 4.12. The Morgan fingerprint density at radius 1 is 1.17 bits per heavy atom. The zero-order chi connectivity index (χ0) is 13.1. The van der Waals surface area contributed by atoms with Crippen molar-refractivity contribution in [2.45, 2.75) is 0 Å². The molecule has 4 heteroatoms. The third-order valence-electron chi connectivity index (χ3n) is 2.71. The molecule has 4 nitrogen and oxygen atoms in total. The van der Waals surface area contributed by atoms with Gasteiger partial charge in [0.25, 0.3) is 5.56 Å². The molecule has 1 heterocycles. The van der Waals surface area contributed by atoms with Gasteiger partial charge in [-0.05, 0) is 36.4 Å². The number of hydrogen-bond donors (Lipinski definition) is 0. The van der Waals surface area contributed by atoms with Gasteiger partial charge < -0.3 is 4.90 Å². The molecule has 1 aromatic heterocycles. The van der Waals surface area contributed by atoms with Gasteiger partial charge in [0.2, 0.25) is 0 Å². The van der Waals surface area contributed by atoms with E-state index in [4.69, 9.17) is 5.26 Å². The van der Waals surface area contributed by atoms with Gasteiger partial charge in [0.1, 0.15) is 11.6 Å². The Morgan fingerprint density at radius 2 is 1.83 bits per heavy atom. The summed E-state index contributed by atoms with van der Waals surface area (Å²) in [4.78, 5) is 13.9. The molecule has 0 unspecified atom stereocenters. The molecule has 0 amide bonds. The van der Waals surface area contributed by atoms with Gasteiger partial charge in [0, 0.05) is 31.7 Å². The van der Waals surface area contributed by atoms with Crippen molar-refractivity contribution in [2.75, 3.05) is 19.0 Å². The Kier molecular flexibility index (Phi) is 3.16. The fourth-order valence-corrected chi connectivity index (χ4v) is 1.69. The summed E-state index contributed by atoms with van der Waals surface area (Å²) in [5, 5.41) is 8.84. The molecule has 2 rings (SSSR count). The average Bonchev–Trinajstić information content (AvgIpc) is 2.39. The van der Waals surface area contributed by atoms with E-state index < -0.39 is 0 Å². The molecular weight excluding hydrogens is 226 g/mol. The van der Waals surface area contributed by atoms with Crippen LogP contribution in [0, 0.1) is 11.3 Å². The Bertz CT molecular complexity index is 648. The number of rotatable bonds is 2. The van der Waals surface area contributed by atoms with Crippen LogP contribution in [-0.4, -0.2) is 18.7 Å². The maximum Gasteiger partial charge on any atom is 0.272 e. The van der Waals surface area contributed by atoms with Crippen molar-refractivity contribution in [2.24, 2.45) is 0 Å². The fraction of sp³-hybridized carbons (Fsp3) is 0.143. The van der Waals surface area contributed by atoms with Gasteiger partial charge in [-0.25, -0.2) is 0 Å². The molecule has 18 heavy (non-hydrogen) atoms. The van der Waals surface area contributed by atoms with Crippen LogP contribution in [0.2, 0.25) is 0 Å². The Labute approximate surface area is 105 Å². The summed E-state index contributed by atoms with van der Waals surface area (Å²) in [6, 6.07) is 12.7. The Balaban J connectivity index is 2.50. The highest BCUT2D eigenvalue weighted by Gasteiger charge is 2.04. The zero-order valence-electron chi connectivity index (χ0n) is 10.3. The van der Waals surface area contributed by atoms with E-state index in [1.807, 2.05) is 49.3 Å². The smallest absolute Gasteiger partial charge is 0.272 e. The first-order chi connectivity index (χ1) is 8.63. The van der Waals surface area contributed by atoms with Crippen LogP contribution in [0.15, 0.2) is 47.4 Å². The van der Waals surface area contributed by atoms with Gasteiger partial charge >= 0.3 is 0 Å². The van der Waals surface area contributed by atoms with Crippen LogP contribution in [0.1, 0.15) is 5.56 Å². The lowest BCUT2D eigenvalue weighted by Crippen LogP contribution is -2.20. The van der Waals surface area contributed by atoms with E-state index in [-0.39, 0.29) is 11.1 Å². The lowest BCUT2D eigenvalue weighted by molar-refractivity contribution is 0.980. The summed E-state index contributed by atoms with van der Waals surface area (Å²) in [7, 11) is 3.91. The van der Waals surface area contributed by atoms with Gasteiger partial charge in [0.15, 0.2) is 0 Å². The lowest BCUT2D eigenvalue weighted by atomic mass is 10.2. The maximum atomic E-state index is 11.9. The van der Waals surface area contributed by atoms with E-state index in [0.29, 0.717) is 0 Å². The topological polar surface area (TPSA) is 49.0 Å². The lowest BCUT2D eigenvalue weighted by Gasteiger charge is -2.13. The summed E-state index contributed by atoms with van der Waals surface area (Å²) >= 11 is 0. The molecule has 2 aromatic rings. The highest BCUT2D eigenvalue weighted by atomic mass is 16.1. The predicted octanol–water partition coefficient (Wildman–Crippen LogP) is 1.78. The molecule has 0 bridgehead atoms. The molecule has 0 spiro atoms. The summed E-state index contributed by atoms with van der Waals surface area (Å²) < 4.78 is 1.47. The van der Waals surface area contributed by atoms with Crippen LogP contribution in [0.5, 0.6) is 0 Å². The van der Waals surface area contributed by atoms with Crippen LogP contribution < -0.4 is 10.5 Å². The summed E-state index contributed by atoms with van der Waals surface area (Å²) in [5.74, 6) is 0. The minimum Gasteiger partial charge on any atom is -0.378 e. The van der Waals surface area contributed by atoms with E-state index in [9.17, 15) is 4.79 Å².